The number of tetrazole rings is 1. The molecule has 0 unspecified atom stereocenters. The summed E-state index contributed by atoms with van der Waals surface area (Å²) in [5.41, 5.74) is -2.31. The summed E-state index contributed by atoms with van der Waals surface area (Å²) in [6.45, 7) is 0.178. The molecule has 17 heteroatoms. The van der Waals surface area contributed by atoms with E-state index < -0.39 is 18.8 Å². The summed E-state index contributed by atoms with van der Waals surface area (Å²) in [5, 5.41) is 16.9. The number of H-pyrrole nitrogens is 1. The van der Waals surface area contributed by atoms with Gasteiger partial charge in [-0.25, -0.2) is 10.1 Å². The monoisotopic (exact) mass is 732 g/mol. The summed E-state index contributed by atoms with van der Waals surface area (Å²) in [7, 11) is -5.73. The number of anilines is 2. The van der Waals surface area contributed by atoms with E-state index in [4.69, 9.17) is 38.0 Å². The number of rotatable bonds is 10. The van der Waals surface area contributed by atoms with Crippen LogP contribution in [0.25, 0.3) is 11.3 Å². The first-order valence-corrected chi connectivity index (χ1v) is 16.8. The van der Waals surface area contributed by atoms with Gasteiger partial charge in [0.25, 0.3) is 0 Å². The number of benzene rings is 3. The second-order valence-corrected chi connectivity index (χ2v) is 14.0. The molecule has 0 bridgehead atoms. The van der Waals surface area contributed by atoms with E-state index in [1.165, 1.54) is 23.5 Å². The van der Waals surface area contributed by atoms with Crippen LogP contribution >= 0.6 is 69.8 Å². The average molecular weight is 734 g/mol. The van der Waals surface area contributed by atoms with Gasteiger partial charge in [0.15, 0.2) is 11.0 Å². The van der Waals surface area contributed by atoms with Crippen molar-refractivity contribution in [2.24, 2.45) is 0 Å². The lowest BCUT2D eigenvalue weighted by molar-refractivity contribution is 0.0557. The minimum absolute atomic E-state index is 0.139. The second kappa shape index (κ2) is 12.7. The average Bonchev–Trinajstić information content (AvgIpc) is 3.65. The Balaban J connectivity index is 1.42. The number of hydrogen-bond acceptors (Lipinski definition) is 8. The van der Waals surface area contributed by atoms with Crippen molar-refractivity contribution in [3.63, 3.8) is 0 Å². The minimum atomic E-state index is -5.73. The fourth-order valence-electron chi connectivity index (χ4n) is 3.80. The van der Waals surface area contributed by atoms with E-state index in [1.54, 1.807) is 30.0 Å². The molecular formula is C25H18BrCl2F2N6O3PS2. The van der Waals surface area contributed by atoms with E-state index in [0.717, 1.165) is 22.2 Å². The highest BCUT2D eigenvalue weighted by Gasteiger charge is 2.51. The molecule has 5 aromatic rings. The third-order valence-electron chi connectivity index (χ3n) is 5.92. The maximum atomic E-state index is 14.4. The predicted octanol–water partition coefficient (Wildman–Crippen LogP) is 8.25. The molecule has 0 spiro atoms. The normalized spacial score (nSPS) is 12.1. The molecule has 0 amide bonds. The molecule has 0 saturated carbocycles. The zero-order chi connectivity index (χ0) is 30.1. The van der Waals surface area contributed by atoms with Crippen LogP contribution in [-0.2, 0) is 22.5 Å². The van der Waals surface area contributed by atoms with Crippen LogP contribution in [0.5, 0.6) is 0 Å². The van der Waals surface area contributed by atoms with Crippen LogP contribution < -0.4 is 4.90 Å². The lowest BCUT2D eigenvalue weighted by atomic mass is 10.1. The van der Waals surface area contributed by atoms with Gasteiger partial charge in [-0.3, -0.25) is 4.57 Å². The number of hydrogen-bond donors (Lipinski definition) is 3. The Bertz CT molecular complexity index is 1760. The SMILES string of the molecule is O=P(O)(O)C(F)(F)c1ccc(CN(c2ccc(Cl)c(Cl)c2)c2nc(-c3ccc(SCc4nnn[nH]4)cc3)cs2)cc1Br. The van der Waals surface area contributed by atoms with Crippen LogP contribution in [0.3, 0.4) is 0 Å². The molecule has 0 aliphatic heterocycles. The van der Waals surface area contributed by atoms with Gasteiger partial charge in [-0.2, -0.15) is 8.78 Å². The highest BCUT2D eigenvalue weighted by molar-refractivity contribution is 9.10. The molecule has 218 valence electrons. The maximum Gasteiger partial charge on any atom is 0.399 e. The Labute approximate surface area is 264 Å². The summed E-state index contributed by atoms with van der Waals surface area (Å²) in [6.07, 6.45) is 0. The first kappa shape index (κ1) is 31.0. The van der Waals surface area contributed by atoms with E-state index in [0.29, 0.717) is 38.0 Å². The highest BCUT2D eigenvalue weighted by Crippen LogP contribution is 2.60. The van der Waals surface area contributed by atoms with E-state index in [-0.39, 0.29) is 11.0 Å². The first-order valence-electron chi connectivity index (χ1n) is 11.8. The van der Waals surface area contributed by atoms with Gasteiger partial charge in [0.05, 0.1) is 28.0 Å². The molecule has 3 N–H and O–H groups in total. The van der Waals surface area contributed by atoms with E-state index >= 15 is 0 Å². The lowest BCUT2D eigenvalue weighted by Gasteiger charge is -2.24. The third-order valence-corrected chi connectivity index (χ3v) is 10.2. The summed E-state index contributed by atoms with van der Waals surface area (Å²) in [4.78, 5) is 26.0. The summed E-state index contributed by atoms with van der Waals surface area (Å²) >= 11 is 18.5. The predicted molar refractivity (Wildman–Crippen MR) is 164 cm³/mol. The Morgan fingerprint density at radius 1 is 1.07 bits per heavy atom. The Morgan fingerprint density at radius 2 is 1.83 bits per heavy atom. The van der Waals surface area contributed by atoms with Crippen LogP contribution in [0.15, 0.2) is 75.4 Å². The fourth-order valence-corrected chi connectivity index (χ4v) is 7.03. The van der Waals surface area contributed by atoms with Gasteiger partial charge in [0.2, 0.25) is 0 Å². The molecule has 0 aliphatic carbocycles. The number of aromatic nitrogens is 5. The number of thiazole rings is 1. The number of aromatic amines is 1. The zero-order valence-corrected chi connectivity index (χ0v) is 26.6. The molecule has 9 nitrogen and oxygen atoms in total. The van der Waals surface area contributed by atoms with Crippen LogP contribution in [0, 0.1) is 0 Å². The van der Waals surface area contributed by atoms with Gasteiger partial charge in [0.1, 0.15) is 0 Å². The van der Waals surface area contributed by atoms with Crippen molar-refractivity contribution in [2.45, 2.75) is 22.9 Å². The number of nitrogens with zero attached hydrogens (tertiary/aromatic N) is 5. The van der Waals surface area contributed by atoms with Crippen molar-refractivity contribution in [1.29, 1.82) is 0 Å². The van der Waals surface area contributed by atoms with Gasteiger partial charge < -0.3 is 14.7 Å². The van der Waals surface area contributed by atoms with Crippen molar-refractivity contribution in [1.82, 2.24) is 25.6 Å². The molecule has 0 atom stereocenters. The Kier molecular flexibility index (Phi) is 9.36. The van der Waals surface area contributed by atoms with Gasteiger partial charge in [-0.15, -0.1) is 28.2 Å². The van der Waals surface area contributed by atoms with Crippen molar-refractivity contribution < 1.29 is 23.1 Å². The molecular weight excluding hydrogens is 716 g/mol. The zero-order valence-electron chi connectivity index (χ0n) is 21.0. The number of thioether (sulfide) groups is 1. The molecule has 5 rings (SSSR count). The van der Waals surface area contributed by atoms with Crippen molar-refractivity contribution >= 4 is 80.6 Å². The summed E-state index contributed by atoms with van der Waals surface area (Å²) in [5.74, 6) is 1.27. The van der Waals surface area contributed by atoms with Crippen molar-refractivity contribution in [3.8, 4) is 11.3 Å². The van der Waals surface area contributed by atoms with Crippen LogP contribution in [0.1, 0.15) is 17.0 Å². The molecule has 42 heavy (non-hydrogen) atoms. The molecule has 0 radical (unpaired) electrons. The van der Waals surface area contributed by atoms with Gasteiger partial charge in [-0.05, 0) is 52.4 Å². The van der Waals surface area contributed by atoms with Gasteiger partial charge in [-0.1, -0.05) is 63.4 Å². The molecule has 0 aliphatic rings. The number of alkyl halides is 2. The van der Waals surface area contributed by atoms with Crippen molar-refractivity contribution in [3.05, 3.63) is 97.5 Å². The molecule has 2 heterocycles. The maximum absolute atomic E-state index is 14.4. The summed E-state index contributed by atoms with van der Waals surface area (Å²) in [6, 6.07) is 16.7. The molecule has 0 fully saturated rings. The Morgan fingerprint density at radius 3 is 2.48 bits per heavy atom. The standard InChI is InChI=1S/C25H18BrCl2F2N6O3PS2/c26-19-9-14(1-7-18(19)25(29,30)40(37,38)39)11-36(16-4-8-20(27)21(28)10-16)24-31-22(12-42-24)15-2-5-17(6-3-15)41-13-23-32-34-35-33-23/h1-10,12H,11,13H2,(H2,37,38,39)(H,32,33,34,35). The third kappa shape index (κ3) is 6.87. The van der Waals surface area contributed by atoms with Gasteiger partial charge in [0, 0.05) is 31.6 Å². The van der Waals surface area contributed by atoms with Crippen LogP contribution in [-0.4, -0.2) is 35.4 Å². The van der Waals surface area contributed by atoms with E-state index in [2.05, 4.69) is 36.6 Å². The summed E-state index contributed by atoms with van der Waals surface area (Å²) < 4.78 is 40.0. The second-order valence-electron chi connectivity index (χ2n) is 8.76. The van der Waals surface area contributed by atoms with Crippen LogP contribution in [0.2, 0.25) is 10.0 Å². The van der Waals surface area contributed by atoms with E-state index in [9.17, 15) is 13.3 Å². The topological polar surface area (TPSA) is 128 Å². The first-order chi connectivity index (χ1) is 19.9. The van der Waals surface area contributed by atoms with Crippen LogP contribution in [0.4, 0.5) is 19.6 Å². The largest absolute Gasteiger partial charge is 0.399 e. The number of halogens is 5. The highest BCUT2D eigenvalue weighted by atomic mass is 79.9. The smallest absolute Gasteiger partial charge is 0.320 e. The molecule has 2 aromatic heterocycles. The fraction of sp³-hybridized carbons (Fsp3) is 0.120. The minimum Gasteiger partial charge on any atom is -0.320 e. The lowest BCUT2D eigenvalue weighted by Crippen LogP contribution is -2.18. The van der Waals surface area contributed by atoms with E-state index in [1.807, 2.05) is 34.5 Å². The number of nitrogens with one attached hydrogen (secondary N) is 1. The molecule has 3 aromatic carbocycles. The Hall–Kier alpha value is -2.42. The van der Waals surface area contributed by atoms with Crippen molar-refractivity contribution in [2.75, 3.05) is 4.90 Å². The quantitative estimate of drug-likeness (QED) is 0.0960. The molecule has 0 saturated heterocycles. The van der Waals surface area contributed by atoms with Gasteiger partial charge >= 0.3 is 13.3 Å².